The average Bonchev–Trinajstić information content (AvgIpc) is 3.30. The van der Waals surface area contributed by atoms with Crippen molar-refractivity contribution in [3.8, 4) is 11.6 Å². The minimum atomic E-state index is -0.218. The molecule has 5 nitrogen and oxygen atoms in total. The Morgan fingerprint density at radius 2 is 1.83 bits per heavy atom. The van der Waals surface area contributed by atoms with Crippen molar-refractivity contribution in [1.29, 1.82) is 0 Å². The zero-order valence-corrected chi connectivity index (χ0v) is 16.8. The standard InChI is InChI=1S/C24H18N2O3S/c27-23-22(14-17-15-25-20-10-4-3-8-18(17)20)30-24(28)26(23)12-13-29-21-11-5-7-16-6-1-2-9-19(16)21/h1-11,14-15,27H,12-13H2/b17-14-. The quantitative estimate of drug-likeness (QED) is 0.494. The van der Waals surface area contributed by atoms with Crippen molar-refractivity contribution in [2.24, 2.45) is 4.99 Å². The zero-order chi connectivity index (χ0) is 20.5. The molecule has 4 aromatic rings. The first-order chi connectivity index (χ1) is 14.7. The lowest BCUT2D eigenvalue weighted by atomic mass is 10.1. The van der Waals surface area contributed by atoms with Crippen LogP contribution in [0.1, 0.15) is 10.4 Å². The van der Waals surface area contributed by atoms with Gasteiger partial charge in [-0.3, -0.25) is 14.4 Å². The third-order valence-corrected chi connectivity index (χ3v) is 5.98. The van der Waals surface area contributed by atoms with Crippen LogP contribution >= 0.6 is 11.3 Å². The van der Waals surface area contributed by atoms with E-state index in [-0.39, 0.29) is 23.9 Å². The van der Waals surface area contributed by atoms with Gasteiger partial charge in [0.05, 0.1) is 17.1 Å². The number of ether oxygens (including phenoxy) is 1. The van der Waals surface area contributed by atoms with Crippen LogP contribution in [0.3, 0.4) is 0 Å². The van der Waals surface area contributed by atoms with E-state index >= 15 is 0 Å². The predicted octanol–water partition coefficient (Wildman–Crippen LogP) is 5.10. The third kappa shape index (κ3) is 3.31. The molecule has 2 heterocycles. The zero-order valence-electron chi connectivity index (χ0n) is 16.0. The summed E-state index contributed by atoms with van der Waals surface area (Å²) in [4.78, 5) is 17.1. The van der Waals surface area contributed by atoms with Gasteiger partial charge in [-0.05, 0) is 23.6 Å². The number of hydrogen-bond donors (Lipinski definition) is 1. The maximum absolute atomic E-state index is 12.4. The number of nitrogens with zero attached hydrogens (tertiary/aromatic N) is 2. The molecule has 3 aromatic carbocycles. The van der Waals surface area contributed by atoms with Crippen LogP contribution in [0.2, 0.25) is 0 Å². The Hall–Kier alpha value is -3.64. The van der Waals surface area contributed by atoms with Crippen LogP contribution in [-0.2, 0) is 6.54 Å². The lowest BCUT2D eigenvalue weighted by Gasteiger charge is -2.10. The maximum atomic E-state index is 12.4. The topological polar surface area (TPSA) is 63.8 Å². The molecule has 1 aliphatic rings. The second-order valence-corrected chi connectivity index (χ2v) is 7.90. The molecule has 0 aliphatic carbocycles. The minimum absolute atomic E-state index is 0.0446. The molecule has 5 rings (SSSR count). The fraction of sp³-hybridized carbons (Fsp3) is 0.0833. The summed E-state index contributed by atoms with van der Waals surface area (Å²) in [6, 6.07) is 21.7. The molecule has 1 aliphatic heterocycles. The van der Waals surface area contributed by atoms with Crippen molar-refractivity contribution in [2.75, 3.05) is 6.61 Å². The summed E-state index contributed by atoms with van der Waals surface area (Å²) >= 11 is 1.02. The number of aromatic hydroxyl groups is 1. The monoisotopic (exact) mass is 414 g/mol. The lowest BCUT2D eigenvalue weighted by Crippen LogP contribution is -2.17. The number of aliphatic imine (C=N–C) groups is 1. The summed E-state index contributed by atoms with van der Waals surface area (Å²) < 4.78 is 7.27. The first-order valence-corrected chi connectivity index (χ1v) is 10.4. The predicted molar refractivity (Wildman–Crippen MR) is 122 cm³/mol. The molecule has 0 amide bonds. The Morgan fingerprint density at radius 1 is 1.03 bits per heavy atom. The van der Waals surface area contributed by atoms with Gasteiger partial charge >= 0.3 is 4.87 Å². The highest BCUT2D eigenvalue weighted by molar-refractivity contribution is 7.10. The first kappa shape index (κ1) is 18.4. The fourth-order valence-corrected chi connectivity index (χ4v) is 4.43. The molecular formula is C24H18N2O3S. The number of aromatic nitrogens is 1. The molecular weight excluding hydrogens is 396 g/mol. The summed E-state index contributed by atoms with van der Waals surface area (Å²) in [5, 5.41) is 12.7. The van der Waals surface area contributed by atoms with Crippen molar-refractivity contribution < 1.29 is 9.84 Å². The fourth-order valence-electron chi connectivity index (χ4n) is 3.57. The molecule has 0 spiro atoms. The van der Waals surface area contributed by atoms with Crippen molar-refractivity contribution in [3.05, 3.63) is 86.8 Å². The number of hydrogen-bond acceptors (Lipinski definition) is 5. The highest BCUT2D eigenvalue weighted by atomic mass is 32.1. The van der Waals surface area contributed by atoms with Gasteiger partial charge in [0, 0.05) is 22.7 Å². The number of fused-ring (bicyclic) bond motifs is 2. The summed E-state index contributed by atoms with van der Waals surface area (Å²) in [5.41, 5.74) is 2.75. The van der Waals surface area contributed by atoms with Crippen LogP contribution in [0.15, 0.2) is 76.5 Å². The summed E-state index contributed by atoms with van der Waals surface area (Å²) in [6.45, 7) is 0.538. The van der Waals surface area contributed by atoms with Crippen LogP contribution in [0.5, 0.6) is 11.6 Å². The van der Waals surface area contributed by atoms with Crippen molar-refractivity contribution in [2.45, 2.75) is 6.54 Å². The van der Waals surface area contributed by atoms with Crippen LogP contribution < -0.4 is 9.61 Å². The van der Waals surface area contributed by atoms with Gasteiger partial charge in [-0.1, -0.05) is 65.9 Å². The molecule has 6 heteroatoms. The van der Waals surface area contributed by atoms with E-state index in [2.05, 4.69) is 4.99 Å². The van der Waals surface area contributed by atoms with Crippen molar-refractivity contribution in [3.63, 3.8) is 0 Å². The largest absolute Gasteiger partial charge is 0.493 e. The molecule has 0 radical (unpaired) electrons. The highest BCUT2D eigenvalue weighted by Gasteiger charge is 2.16. The maximum Gasteiger partial charge on any atom is 0.310 e. The van der Waals surface area contributed by atoms with E-state index in [9.17, 15) is 9.90 Å². The van der Waals surface area contributed by atoms with Crippen molar-refractivity contribution >= 4 is 45.7 Å². The number of allylic oxidation sites excluding steroid dienone is 1. The summed E-state index contributed by atoms with van der Waals surface area (Å²) in [6.07, 6.45) is 3.56. The number of para-hydroxylation sites is 1. The molecule has 30 heavy (non-hydrogen) atoms. The third-order valence-electron chi connectivity index (χ3n) is 5.06. The average molecular weight is 414 g/mol. The number of thiazole rings is 1. The Balaban J connectivity index is 1.36. The van der Waals surface area contributed by atoms with Crippen LogP contribution in [0.4, 0.5) is 5.69 Å². The molecule has 148 valence electrons. The van der Waals surface area contributed by atoms with Gasteiger partial charge in [0.2, 0.25) is 5.88 Å². The second-order valence-electron chi connectivity index (χ2n) is 6.91. The summed E-state index contributed by atoms with van der Waals surface area (Å²) in [7, 11) is 0. The van der Waals surface area contributed by atoms with E-state index in [0.29, 0.717) is 4.88 Å². The minimum Gasteiger partial charge on any atom is -0.493 e. The summed E-state index contributed by atoms with van der Waals surface area (Å²) in [5.74, 6) is 0.716. The van der Waals surface area contributed by atoms with E-state index in [1.807, 2.05) is 66.7 Å². The normalized spacial score (nSPS) is 13.8. The first-order valence-electron chi connectivity index (χ1n) is 9.59. The molecule has 0 saturated carbocycles. The van der Waals surface area contributed by atoms with Crippen LogP contribution in [0.25, 0.3) is 22.4 Å². The molecule has 1 aromatic heterocycles. The van der Waals surface area contributed by atoms with E-state index in [1.165, 1.54) is 4.57 Å². The van der Waals surface area contributed by atoms with Gasteiger partial charge in [0.25, 0.3) is 0 Å². The van der Waals surface area contributed by atoms with Gasteiger partial charge in [-0.15, -0.1) is 0 Å². The highest BCUT2D eigenvalue weighted by Crippen LogP contribution is 2.34. The van der Waals surface area contributed by atoms with Gasteiger partial charge in [-0.2, -0.15) is 0 Å². The number of rotatable bonds is 5. The molecule has 1 N–H and O–H groups in total. The SMILES string of the molecule is O=c1sc(/C=C2/C=Nc3ccccc32)c(O)n1CCOc1cccc2ccccc12. The Kier molecular flexibility index (Phi) is 4.69. The smallest absolute Gasteiger partial charge is 0.310 e. The molecule has 0 atom stereocenters. The second kappa shape index (κ2) is 7.65. The van der Waals surface area contributed by atoms with E-state index in [0.717, 1.165) is 44.7 Å². The molecule has 0 fully saturated rings. The molecule has 0 unspecified atom stereocenters. The van der Waals surface area contributed by atoms with E-state index in [4.69, 9.17) is 4.74 Å². The van der Waals surface area contributed by atoms with Crippen LogP contribution in [-0.4, -0.2) is 22.5 Å². The van der Waals surface area contributed by atoms with Gasteiger partial charge in [0.15, 0.2) is 0 Å². The van der Waals surface area contributed by atoms with E-state index < -0.39 is 0 Å². The van der Waals surface area contributed by atoms with Gasteiger partial charge in [-0.25, -0.2) is 0 Å². The Morgan fingerprint density at radius 3 is 2.77 bits per heavy atom. The van der Waals surface area contributed by atoms with Gasteiger partial charge < -0.3 is 9.84 Å². The Labute approximate surface area is 176 Å². The number of benzene rings is 3. The Bertz CT molecular complexity index is 1360. The molecule has 0 saturated heterocycles. The van der Waals surface area contributed by atoms with Crippen molar-refractivity contribution in [1.82, 2.24) is 4.57 Å². The van der Waals surface area contributed by atoms with Gasteiger partial charge in [0.1, 0.15) is 12.4 Å². The lowest BCUT2D eigenvalue weighted by molar-refractivity contribution is 0.289. The molecule has 0 bridgehead atoms. The van der Waals surface area contributed by atoms with E-state index in [1.54, 1.807) is 12.3 Å². The van der Waals surface area contributed by atoms with Crippen LogP contribution in [0, 0.1) is 0 Å².